The van der Waals surface area contributed by atoms with Gasteiger partial charge in [0, 0.05) is 16.9 Å². The molecule has 1 aromatic carbocycles. The van der Waals surface area contributed by atoms with Crippen LogP contribution in [-0.2, 0) is 12.8 Å². The summed E-state index contributed by atoms with van der Waals surface area (Å²) >= 11 is 0. The van der Waals surface area contributed by atoms with E-state index in [2.05, 4.69) is 16.0 Å². The molecule has 0 atom stereocenters. The normalized spacial score (nSPS) is 14.6. The molecule has 0 amide bonds. The summed E-state index contributed by atoms with van der Waals surface area (Å²) in [5, 5.41) is 0. The van der Waals surface area contributed by atoms with E-state index < -0.39 is 0 Å². The number of anilines is 1. The molecule has 0 spiro atoms. The fraction of sp³-hybridized carbons (Fsp3) is 0.357. The van der Waals surface area contributed by atoms with Gasteiger partial charge in [0.05, 0.1) is 5.69 Å². The van der Waals surface area contributed by atoms with Gasteiger partial charge < -0.3 is 10.7 Å². The van der Waals surface area contributed by atoms with Gasteiger partial charge in [-0.1, -0.05) is 12.1 Å². The molecule has 0 unspecified atom stereocenters. The number of nitrogens with zero attached hydrogens (tertiary/aromatic N) is 1. The first-order valence-electron chi connectivity index (χ1n) is 6.18. The van der Waals surface area contributed by atoms with Crippen LogP contribution in [-0.4, -0.2) is 9.97 Å². The van der Waals surface area contributed by atoms with E-state index in [1.165, 1.54) is 24.2 Å². The predicted molar refractivity (Wildman–Crippen MR) is 69.8 cm³/mol. The highest BCUT2D eigenvalue weighted by Gasteiger charge is 2.15. The lowest BCUT2D eigenvalue weighted by molar-refractivity contribution is 0.667. The average Bonchev–Trinajstić information content (AvgIpc) is 2.76. The maximum Gasteiger partial charge on any atom is 0.137 e. The maximum atomic E-state index is 5.94. The van der Waals surface area contributed by atoms with Crippen molar-refractivity contribution in [3.8, 4) is 11.4 Å². The number of nitrogens with two attached hydrogens (primary N) is 1. The number of aromatic nitrogens is 2. The van der Waals surface area contributed by atoms with Gasteiger partial charge in [0.15, 0.2) is 0 Å². The van der Waals surface area contributed by atoms with Gasteiger partial charge in [0.1, 0.15) is 5.82 Å². The largest absolute Gasteiger partial charge is 0.398 e. The van der Waals surface area contributed by atoms with Crippen molar-refractivity contribution < 1.29 is 0 Å². The van der Waals surface area contributed by atoms with E-state index in [0.29, 0.717) is 0 Å². The van der Waals surface area contributed by atoms with Gasteiger partial charge in [-0.15, -0.1) is 0 Å². The zero-order valence-electron chi connectivity index (χ0n) is 10.1. The first-order chi connectivity index (χ1) is 8.24. The zero-order valence-corrected chi connectivity index (χ0v) is 10.1. The second kappa shape index (κ2) is 3.91. The lowest BCUT2D eigenvalue weighted by Gasteiger charge is -2.07. The van der Waals surface area contributed by atoms with Crippen LogP contribution in [0.3, 0.4) is 0 Å². The molecule has 1 heterocycles. The third-order valence-electron chi connectivity index (χ3n) is 3.51. The van der Waals surface area contributed by atoms with E-state index in [1.54, 1.807) is 0 Å². The monoisotopic (exact) mass is 227 g/mol. The predicted octanol–water partition coefficient (Wildman–Crippen LogP) is 2.85. The molecular formula is C14H17N3. The van der Waals surface area contributed by atoms with Gasteiger partial charge >= 0.3 is 0 Å². The lowest BCUT2D eigenvalue weighted by Crippen LogP contribution is -2.00. The Morgan fingerprint density at radius 1 is 1.24 bits per heavy atom. The smallest absolute Gasteiger partial charge is 0.137 e. The fourth-order valence-corrected chi connectivity index (χ4v) is 2.38. The summed E-state index contributed by atoms with van der Waals surface area (Å²) in [4.78, 5) is 8.11. The first kappa shape index (κ1) is 10.4. The quantitative estimate of drug-likeness (QED) is 0.736. The lowest BCUT2D eigenvalue weighted by atomic mass is 10.0. The molecule has 0 fully saturated rings. The molecule has 17 heavy (non-hydrogen) atoms. The summed E-state index contributed by atoms with van der Waals surface area (Å²) in [6.45, 7) is 2.02. The van der Waals surface area contributed by atoms with Gasteiger partial charge in [-0.25, -0.2) is 4.98 Å². The van der Waals surface area contributed by atoms with Crippen LogP contribution in [0.5, 0.6) is 0 Å². The Kier molecular flexibility index (Phi) is 2.39. The molecule has 2 aromatic rings. The topological polar surface area (TPSA) is 54.7 Å². The molecule has 3 heteroatoms. The molecular weight excluding hydrogens is 210 g/mol. The molecule has 0 bridgehead atoms. The molecule has 0 radical (unpaired) electrons. The number of aromatic amines is 1. The van der Waals surface area contributed by atoms with Crippen LogP contribution in [0.4, 0.5) is 5.69 Å². The van der Waals surface area contributed by atoms with Crippen molar-refractivity contribution in [3.05, 3.63) is 35.2 Å². The summed E-state index contributed by atoms with van der Waals surface area (Å²) in [5.41, 5.74) is 11.5. The van der Waals surface area contributed by atoms with E-state index in [-0.39, 0.29) is 0 Å². The number of rotatable bonds is 1. The number of aryl methyl sites for hydroxylation is 3. The minimum atomic E-state index is 0.830. The summed E-state index contributed by atoms with van der Waals surface area (Å²) in [6, 6.07) is 6.13. The highest BCUT2D eigenvalue weighted by atomic mass is 14.9. The van der Waals surface area contributed by atoms with Gasteiger partial charge in [0.2, 0.25) is 0 Å². The Labute approximate surface area is 101 Å². The third kappa shape index (κ3) is 1.82. The zero-order chi connectivity index (χ0) is 11.8. The molecule has 0 saturated carbocycles. The number of nitrogen functional groups attached to an aromatic ring is 1. The number of hydrogen-bond acceptors (Lipinski definition) is 2. The van der Waals surface area contributed by atoms with Gasteiger partial charge in [-0.2, -0.15) is 0 Å². The minimum absolute atomic E-state index is 0.830. The maximum absolute atomic E-state index is 5.94. The number of imidazole rings is 1. The molecule has 88 valence electrons. The standard InChI is InChI=1S/C14H17N3/c1-9-6-7-10(8-11(9)15)14-16-12-4-2-3-5-13(12)17-14/h6-8H,2-5,15H2,1H3,(H,16,17). The Bertz CT molecular complexity index is 531. The van der Waals surface area contributed by atoms with E-state index >= 15 is 0 Å². The van der Waals surface area contributed by atoms with Gasteiger partial charge in [-0.3, -0.25) is 0 Å². The fourth-order valence-electron chi connectivity index (χ4n) is 2.38. The molecule has 0 saturated heterocycles. The van der Waals surface area contributed by atoms with Crippen LogP contribution in [0.15, 0.2) is 18.2 Å². The van der Waals surface area contributed by atoms with Crippen molar-refractivity contribution in [2.75, 3.05) is 5.73 Å². The van der Waals surface area contributed by atoms with Crippen LogP contribution in [0.2, 0.25) is 0 Å². The molecule has 1 aliphatic carbocycles. The Morgan fingerprint density at radius 2 is 2.06 bits per heavy atom. The van der Waals surface area contributed by atoms with Crippen molar-refractivity contribution >= 4 is 5.69 Å². The van der Waals surface area contributed by atoms with E-state index in [4.69, 9.17) is 5.73 Å². The second-order valence-electron chi connectivity index (χ2n) is 4.79. The van der Waals surface area contributed by atoms with Gasteiger partial charge in [-0.05, 0) is 44.2 Å². The molecule has 0 aliphatic heterocycles. The minimum Gasteiger partial charge on any atom is -0.398 e. The third-order valence-corrected chi connectivity index (χ3v) is 3.51. The SMILES string of the molecule is Cc1ccc(-c2nc3c([nH]2)CCCC3)cc1N. The van der Waals surface area contributed by atoms with Crippen LogP contribution in [0, 0.1) is 6.92 Å². The van der Waals surface area contributed by atoms with Crippen molar-refractivity contribution in [3.63, 3.8) is 0 Å². The number of benzene rings is 1. The van der Waals surface area contributed by atoms with E-state index in [0.717, 1.165) is 35.5 Å². The van der Waals surface area contributed by atoms with Crippen molar-refractivity contribution in [2.45, 2.75) is 32.6 Å². The molecule has 3 rings (SSSR count). The van der Waals surface area contributed by atoms with Crippen molar-refractivity contribution in [1.29, 1.82) is 0 Å². The van der Waals surface area contributed by atoms with Crippen LogP contribution in [0.1, 0.15) is 29.8 Å². The van der Waals surface area contributed by atoms with Crippen LogP contribution in [0.25, 0.3) is 11.4 Å². The summed E-state index contributed by atoms with van der Waals surface area (Å²) in [5.74, 6) is 0.962. The number of hydrogen-bond donors (Lipinski definition) is 2. The number of nitrogens with one attached hydrogen (secondary N) is 1. The highest BCUT2D eigenvalue weighted by molar-refractivity contribution is 5.64. The Morgan fingerprint density at radius 3 is 2.82 bits per heavy atom. The molecule has 3 nitrogen and oxygen atoms in total. The number of H-pyrrole nitrogens is 1. The Hall–Kier alpha value is -1.77. The molecule has 1 aliphatic rings. The summed E-state index contributed by atoms with van der Waals surface area (Å²) in [6.07, 6.45) is 4.76. The number of fused-ring (bicyclic) bond motifs is 1. The van der Waals surface area contributed by atoms with Crippen LogP contribution < -0.4 is 5.73 Å². The molecule has 1 aromatic heterocycles. The van der Waals surface area contributed by atoms with E-state index in [9.17, 15) is 0 Å². The Balaban J connectivity index is 2.03. The second-order valence-corrected chi connectivity index (χ2v) is 4.79. The van der Waals surface area contributed by atoms with Gasteiger partial charge in [0.25, 0.3) is 0 Å². The molecule has 3 N–H and O–H groups in total. The van der Waals surface area contributed by atoms with E-state index in [1.807, 2.05) is 19.1 Å². The summed E-state index contributed by atoms with van der Waals surface area (Å²) < 4.78 is 0. The highest BCUT2D eigenvalue weighted by Crippen LogP contribution is 2.26. The van der Waals surface area contributed by atoms with Crippen molar-refractivity contribution in [1.82, 2.24) is 9.97 Å². The van der Waals surface area contributed by atoms with Crippen molar-refractivity contribution in [2.24, 2.45) is 0 Å². The summed E-state index contributed by atoms with van der Waals surface area (Å²) in [7, 11) is 0. The van der Waals surface area contributed by atoms with Crippen LogP contribution >= 0.6 is 0 Å². The average molecular weight is 227 g/mol. The first-order valence-corrected chi connectivity index (χ1v) is 6.18.